The Labute approximate surface area is 226 Å². The first-order valence-corrected chi connectivity index (χ1v) is 12.8. The average molecular weight is 519 g/mol. The Hall–Kier alpha value is -4.78. The van der Waals surface area contributed by atoms with E-state index in [1.54, 1.807) is 18.5 Å². The predicted molar refractivity (Wildman–Crippen MR) is 158 cm³/mol. The van der Waals surface area contributed by atoms with E-state index in [0.29, 0.717) is 17.3 Å². The predicted octanol–water partition coefficient (Wildman–Crippen LogP) is 6.42. The summed E-state index contributed by atoms with van der Waals surface area (Å²) >= 11 is 0. The van der Waals surface area contributed by atoms with Crippen LogP contribution >= 0.6 is 0 Å². The van der Waals surface area contributed by atoms with Crippen LogP contribution in [0.3, 0.4) is 0 Å². The molecule has 0 aliphatic rings. The summed E-state index contributed by atoms with van der Waals surface area (Å²) in [5.41, 5.74) is 7.81. The maximum Gasteiger partial charge on any atom is 0.138 e. The van der Waals surface area contributed by atoms with E-state index in [0.717, 1.165) is 61.7 Å². The van der Waals surface area contributed by atoms with Crippen molar-refractivity contribution >= 4 is 34.9 Å². The quantitative estimate of drug-likeness (QED) is 0.221. The highest BCUT2D eigenvalue weighted by molar-refractivity contribution is 5.95. The molecule has 7 heteroatoms. The van der Waals surface area contributed by atoms with Crippen LogP contribution in [-0.4, -0.2) is 25.1 Å². The fourth-order valence-corrected chi connectivity index (χ4v) is 4.58. The van der Waals surface area contributed by atoms with E-state index in [-0.39, 0.29) is 5.82 Å². The molecule has 0 amide bonds. The summed E-state index contributed by atoms with van der Waals surface area (Å²) in [6.07, 6.45) is 10.2. The third-order valence-electron chi connectivity index (χ3n) is 6.49. The zero-order valence-corrected chi connectivity index (χ0v) is 22.3. The fourth-order valence-electron chi connectivity index (χ4n) is 4.58. The van der Waals surface area contributed by atoms with Gasteiger partial charge in [-0.1, -0.05) is 45.2 Å². The Bertz CT molecular complexity index is 1810. The van der Waals surface area contributed by atoms with Crippen molar-refractivity contribution in [2.24, 2.45) is 5.92 Å². The number of hydrogen-bond acceptors (Lipinski definition) is 4. The molecule has 3 N–H and O–H groups in total. The van der Waals surface area contributed by atoms with Gasteiger partial charge in [0.1, 0.15) is 17.2 Å². The number of hydrogen-bond donors (Lipinski definition) is 3. The minimum Gasteiger partial charge on any atom is -0.358 e. The molecule has 0 spiro atoms. The maximum atomic E-state index is 13.9. The van der Waals surface area contributed by atoms with Crippen LogP contribution in [0.5, 0.6) is 0 Å². The monoisotopic (exact) mass is 518 g/mol. The molecule has 4 aromatic heterocycles. The van der Waals surface area contributed by atoms with Crippen molar-refractivity contribution in [1.29, 1.82) is 0 Å². The van der Waals surface area contributed by atoms with E-state index in [2.05, 4.69) is 63.5 Å². The summed E-state index contributed by atoms with van der Waals surface area (Å²) in [6.45, 7) is 14.8. The lowest BCUT2D eigenvalue weighted by Crippen LogP contribution is -2.21. The summed E-state index contributed by atoms with van der Waals surface area (Å²) in [4.78, 5) is 12.2. The molecule has 0 bridgehead atoms. The number of pyridine rings is 2. The lowest BCUT2D eigenvalue weighted by atomic mass is 10.0. The van der Waals surface area contributed by atoms with Gasteiger partial charge in [0, 0.05) is 28.7 Å². The number of fused-ring (bicyclic) bond motifs is 1. The van der Waals surface area contributed by atoms with Gasteiger partial charge in [-0.25, -0.2) is 9.37 Å². The van der Waals surface area contributed by atoms with Gasteiger partial charge in [-0.05, 0) is 77.9 Å². The van der Waals surface area contributed by atoms with E-state index in [1.165, 1.54) is 12.1 Å². The number of benzene rings is 1. The van der Waals surface area contributed by atoms with Gasteiger partial charge < -0.3 is 10.3 Å². The lowest BCUT2D eigenvalue weighted by Gasteiger charge is -2.12. The Morgan fingerprint density at radius 2 is 2.00 bits per heavy atom. The number of halogens is 1. The van der Waals surface area contributed by atoms with Crippen LogP contribution in [0.1, 0.15) is 32.8 Å². The largest absolute Gasteiger partial charge is 0.358 e. The zero-order valence-electron chi connectivity index (χ0n) is 22.3. The van der Waals surface area contributed by atoms with Crippen molar-refractivity contribution in [3.63, 3.8) is 0 Å². The number of allylic oxidation sites excluding steroid dienone is 3. The second-order valence-corrected chi connectivity index (χ2v) is 10.1. The first-order chi connectivity index (χ1) is 18.8. The Morgan fingerprint density at radius 1 is 1.15 bits per heavy atom. The topological polar surface area (TPSA) is 82.3 Å². The van der Waals surface area contributed by atoms with Crippen LogP contribution in [-0.2, 0) is 0 Å². The van der Waals surface area contributed by atoms with Gasteiger partial charge in [0.15, 0.2) is 0 Å². The average Bonchev–Trinajstić information content (AvgIpc) is 3.49. The molecule has 0 fully saturated rings. The van der Waals surface area contributed by atoms with Gasteiger partial charge in [0.05, 0.1) is 22.9 Å². The van der Waals surface area contributed by atoms with Gasteiger partial charge in [-0.3, -0.25) is 10.1 Å². The molecule has 0 aliphatic heterocycles. The van der Waals surface area contributed by atoms with Crippen molar-refractivity contribution in [1.82, 2.24) is 25.1 Å². The minimum atomic E-state index is -0.278. The minimum absolute atomic E-state index is 0.278. The van der Waals surface area contributed by atoms with Gasteiger partial charge in [-0.15, -0.1) is 0 Å². The van der Waals surface area contributed by atoms with Gasteiger partial charge in [-0.2, -0.15) is 5.10 Å². The first-order valence-electron chi connectivity index (χ1n) is 12.8. The van der Waals surface area contributed by atoms with Crippen LogP contribution < -0.4 is 15.9 Å². The fraction of sp³-hybridized carbons (Fsp3) is 0.156. The summed E-state index contributed by atoms with van der Waals surface area (Å²) in [7, 11) is 0. The molecule has 0 saturated carbocycles. The highest BCUT2D eigenvalue weighted by Crippen LogP contribution is 2.30. The summed E-state index contributed by atoms with van der Waals surface area (Å²) in [5, 5.41) is 13.4. The second kappa shape index (κ2) is 10.9. The smallest absolute Gasteiger partial charge is 0.138 e. The van der Waals surface area contributed by atoms with Gasteiger partial charge in [0.2, 0.25) is 0 Å². The number of nitrogens with one attached hydrogen (secondary N) is 3. The van der Waals surface area contributed by atoms with Crippen LogP contribution in [0.4, 0.5) is 10.1 Å². The Balaban J connectivity index is 1.43. The number of rotatable bonds is 8. The molecule has 6 nitrogen and oxygen atoms in total. The van der Waals surface area contributed by atoms with Crippen LogP contribution in [0.2, 0.25) is 0 Å². The molecular weight excluding hydrogens is 487 g/mol. The molecule has 0 saturated heterocycles. The molecule has 1 aromatic carbocycles. The van der Waals surface area contributed by atoms with Crippen LogP contribution in [0.15, 0.2) is 79.4 Å². The highest BCUT2D eigenvalue weighted by atomic mass is 19.1. The molecular formula is C32H31FN6. The van der Waals surface area contributed by atoms with Crippen molar-refractivity contribution < 1.29 is 4.39 Å². The maximum absolute atomic E-state index is 13.9. The molecule has 39 heavy (non-hydrogen) atoms. The molecule has 0 aliphatic carbocycles. The van der Waals surface area contributed by atoms with Crippen LogP contribution in [0, 0.1) is 11.7 Å². The van der Waals surface area contributed by atoms with Crippen molar-refractivity contribution in [2.45, 2.75) is 27.2 Å². The third kappa shape index (κ3) is 5.72. The molecule has 5 aromatic rings. The molecule has 0 radical (unpaired) electrons. The molecule has 5 rings (SSSR count). The number of nitrogens with zero attached hydrogens (tertiary/aromatic N) is 3. The lowest BCUT2D eigenvalue weighted by molar-refractivity contribution is 0.628. The zero-order chi connectivity index (χ0) is 27.5. The van der Waals surface area contributed by atoms with Gasteiger partial charge in [0.25, 0.3) is 0 Å². The van der Waals surface area contributed by atoms with E-state index in [4.69, 9.17) is 0 Å². The normalized spacial score (nSPS) is 12.4. The van der Waals surface area contributed by atoms with E-state index < -0.39 is 0 Å². The summed E-state index contributed by atoms with van der Waals surface area (Å²) < 4.78 is 13.9. The standard InChI is InChI=1S/C32H31FN6/c1-19(2)13-21(4)36-26-15-24(17-34-18-26)20(3)9-10-29-22(5)31(39-38-29)30-16-28-27(11-12-35-32(28)37-30)23-7-6-8-25(33)14-23/h6-12,14-19,36,38H,4-5,13H2,1-3H3,(H,35,37)/b20-9+,29-10+. The van der Waals surface area contributed by atoms with E-state index in [9.17, 15) is 4.39 Å². The first kappa shape index (κ1) is 25.9. The molecule has 0 unspecified atom stereocenters. The van der Waals surface area contributed by atoms with E-state index >= 15 is 0 Å². The van der Waals surface area contributed by atoms with Crippen LogP contribution in [0.25, 0.3) is 51.8 Å². The van der Waals surface area contributed by atoms with Crippen molar-refractivity contribution in [3.8, 4) is 22.5 Å². The molecule has 4 heterocycles. The van der Waals surface area contributed by atoms with Crippen molar-refractivity contribution in [2.75, 3.05) is 5.32 Å². The SMILES string of the molecule is C=C(CC(C)C)Nc1cncc(/C(C)=C/C=c2/[nH]nc(-c3cc4c(-c5cccc(F)c5)ccnc4[nH]3)c2=C)c1. The number of H-pyrrole nitrogens is 2. The second-order valence-electron chi connectivity index (χ2n) is 10.1. The molecule has 196 valence electrons. The molecule has 0 atom stereocenters. The summed E-state index contributed by atoms with van der Waals surface area (Å²) in [6, 6.07) is 12.5. The Kier molecular flexibility index (Phi) is 7.23. The summed E-state index contributed by atoms with van der Waals surface area (Å²) in [5.74, 6) is 0.254. The number of aromatic nitrogens is 5. The number of anilines is 1. The third-order valence-corrected chi connectivity index (χ3v) is 6.49. The van der Waals surface area contributed by atoms with Crippen molar-refractivity contribution in [3.05, 3.63) is 101 Å². The Morgan fingerprint density at radius 3 is 2.79 bits per heavy atom. The highest BCUT2D eigenvalue weighted by Gasteiger charge is 2.12. The van der Waals surface area contributed by atoms with E-state index in [1.807, 2.05) is 43.5 Å². The van der Waals surface area contributed by atoms with Gasteiger partial charge >= 0.3 is 0 Å². The number of aromatic amines is 2.